The third-order valence-electron chi connectivity index (χ3n) is 5.43. The molecule has 0 aliphatic carbocycles. The van der Waals surface area contributed by atoms with Crippen molar-refractivity contribution in [1.29, 1.82) is 0 Å². The number of hydrogen-bond donors (Lipinski definition) is 1. The van der Waals surface area contributed by atoms with E-state index >= 15 is 0 Å². The van der Waals surface area contributed by atoms with Crippen LogP contribution < -0.4 is 5.32 Å². The van der Waals surface area contributed by atoms with E-state index in [9.17, 15) is 4.79 Å². The van der Waals surface area contributed by atoms with E-state index in [1.165, 1.54) is 0 Å². The van der Waals surface area contributed by atoms with Crippen molar-refractivity contribution in [1.82, 2.24) is 20.1 Å². The summed E-state index contributed by atoms with van der Waals surface area (Å²) in [6, 6.07) is 25.6. The number of benzene rings is 3. The molecule has 0 bridgehead atoms. The Kier molecular flexibility index (Phi) is 9.23. The number of nitrogens with one attached hydrogen (secondary N) is 1. The fraction of sp³-hybridized carbons (Fsp3) is 0.222. The SMILES string of the molecule is O=C(CCCCSc1nnc(Cc2ccccc2)n1-c1ccc(Cl)c(Cl)c1)NCc1ccccc1. The van der Waals surface area contributed by atoms with Crippen molar-refractivity contribution in [3.05, 3.63) is 106 Å². The highest BCUT2D eigenvalue weighted by molar-refractivity contribution is 7.99. The summed E-state index contributed by atoms with van der Waals surface area (Å²) in [6.45, 7) is 0.561. The highest BCUT2D eigenvalue weighted by Gasteiger charge is 2.16. The van der Waals surface area contributed by atoms with Gasteiger partial charge < -0.3 is 5.32 Å². The monoisotopic (exact) mass is 524 g/mol. The van der Waals surface area contributed by atoms with Crippen molar-refractivity contribution in [2.24, 2.45) is 0 Å². The van der Waals surface area contributed by atoms with E-state index in [0.29, 0.717) is 29.4 Å². The van der Waals surface area contributed by atoms with Gasteiger partial charge >= 0.3 is 0 Å². The first-order chi connectivity index (χ1) is 17.1. The van der Waals surface area contributed by atoms with E-state index < -0.39 is 0 Å². The molecule has 0 aliphatic rings. The molecule has 4 rings (SSSR count). The molecule has 5 nitrogen and oxygen atoms in total. The van der Waals surface area contributed by atoms with Crippen LogP contribution in [-0.4, -0.2) is 26.4 Å². The molecule has 8 heteroatoms. The van der Waals surface area contributed by atoms with E-state index in [-0.39, 0.29) is 5.91 Å². The Labute approximate surface area is 219 Å². The van der Waals surface area contributed by atoms with Gasteiger partial charge in [0.05, 0.1) is 15.7 Å². The van der Waals surface area contributed by atoms with Gasteiger partial charge in [-0.3, -0.25) is 9.36 Å². The number of hydrogen-bond acceptors (Lipinski definition) is 4. The molecular weight excluding hydrogens is 499 g/mol. The molecule has 1 N–H and O–H groups in total. The number of amides is 1. The van der Waals surface area contributed by atoms with Crippen LogP contribution in [0.2, 0.25) is 10.0 Å². The molecule has 0 atom stereocenters. The molecule has 0 fully saturated rings. The molecule has 0 unspecified atom stereocenters. The summed E-state index contributed by atoms with van der Waals surface area (Å²) < 4.78 is 2.03. The first-order valence-electron chi connectivity index (χ1n) is 11.5. The van der Waals surface area contributed by atoms with E-state index in [4.69, 9.17) is 23.2 Å². The Bertz CT molecular complexity index is 1250. The molecule has 0 saturated heterocycles. The Morgan fingerprint density at radius 2 is 1.57 bits per heavy atom. The van der Waals surface area contributed by atoms with Gasteiger partial charge in [0.15, 0.2) is 5.16 Å². The first kappa shape index (κ1) is 25.3. The molecule has 1 amide bonds. The third kappa shape index (κ3) is 7.34. The van der Waals surface area contributed by atoms with Crippen LogP contribution in [-0.2, 0) is 17.8 Å². The molecular formula is C27H26Cl2N4OS. The standard InChI is InChI=1S/C27H26Cl2N4OS/c28-23-15-14-22(18-24(23)29)33-25(17-20-9-3-1-4-10-20)31-32-27(33)35-16-8-7-13-26(34)30-19-21-11-5-2-6-12-21/h1-6,9-12,14-15,18H,7-8,13,16-17,19H2,(H,30,34). The summed E-state index contributed by atoms with van der Waals surface area (Å²) in [6.07, 6.45) is 2.86. The molecule has 1 aromatic heterocycles. The number of rotatable bonds is 11. The predicted octanol–water partition coefficient (Wildman–Crippen LogP) is 6.74. The van der Waals surface area contributed by atoms with E-state index in [2.05, 4.69) is 27.6 Å². The molecule has 4 aromatic rings. The Morgan fingerprint density at radius 3 is 2.29 bits per heavy atom. The lowest BCUT2D eigenvalue weighted by atomic mass is 10.1. The normalized spacial score (nSPS) is 10.9. The van der Waals surface area contributed by atoms with Crippen LogP contribution in [0.15, 0.2) is 84.0 Å². The largest absolute Gasteiger partial charge is 0.352 e. The van der Waals surface area contributed by atoms with Gasteiger partial charge in [-0.05, 0) is 42.2 Å². The minimum absolute atomic E-state index is 0.0722. The maximum Gasteiger partial charge on any atom is 0.220 e. The maximum atomic E-state index is 12.2. The molecule has 1 heterocycles. The highest BCUT2D eigenvalue weighted by atomic mass is 35.5. The minimum Gasteiger partial charge on any atom is -0.352 e. The second kappa shape index (κ2) is 12.8. The second-order valence-corrected chi connectivity index (χ2v) is 9.94. The van der Waals surface area contributed by atoms with E-state index in [1.54, 1.807) is 17.8 Å². The van der Waals surface area contributed by atoms with Crippen LogP contribution in [0.25, 0.3) is 5.69 Å². The average Bonchev–Trinajstić information content (AvgIpc) is 3.27. The van der Waals surface area contributed by atoms with Gasteiger partial charge in [-0.15, -0.1) is 10.2 Å². The van der Waals surface area contributed by atoms with Gasteiger partial charge in [-0.1, -0.05) is 95.6 Å². The average molecular weight is 526 g/mol. The van der Waals surface area contributed by atoms with Gasteiger partial charge in [0.25, 0.3) is 0 Å². The number of halogens is 2. The van der Waals surface area contributed by atoms with Gasteiger partial charge in [-0.25, -0.2) is 0 Å². The molecule has 0 spiro atoms. The van der Waals surface area contributed by atoms with Crippen molar-refractivity contribution in [2.75, 3.05) is 5.75 Å². The van der Waals surface area contributed by atoms with Crippen LogP contribution >= 0.6 is 35.0 Å². The van der Waals surface area contributed by atoms with Crippen LogP contribution in [0.4, 0.5) is 0 Å². The zero-order chi connectivity index (χ0) is 24.5. The number of aromatic nitrogens is 3. The molecule has 180 valence electrons. The summed E-state index contributed by atoms with van der Waals surface area (Å²) in [5.74, 6) is 1.73. The quantitative estimate of drug-likeness (QED) is 0.174. The fourth-order valence-electron chi connectivity index (χ4n) is 3.61. The van der Waals surface area contributed by atoms with Crippen LogP contribution in [0.1, 0.15) is 36.2 Å². The number of unbranched alkanes of at least 4 members (excludes halogenated alkanes) is 1. The van der Waals surface area contributed by atoms with Crippen molar-refractivity contribution in [3.63, 3.8) is 0 Å². The molecule has 35 heavy (non-hydrogen) atoms. The predicted molar refractivity (Wildman–Crippen MR) is 143 cm³/mol. The number of carbonyl (C=O) groups excluding carboxylic acids is 1. The lowest BCUT2D eigenvalue weighted by molar-refractivity contribution is -0.121. The van der Waals surface area contributed by atoms with Gasteiger partial charge in [-0.2, -0.15) is 0 Å². The van der Waals surface area contributed by atoms with Crippen LogP contribution in [0, 0.1) is 0 Å². The lowest BCUT2D eigenvalue weighted by Crippen LogP contribution is -2.22. The van der Waals surface area contributed by atoms with Gasteiger partial charge in [0.2, 0.25) is 5.91 Å². The van der Waals surface area contributed by atoms with Gasteiger partial charge in [0.1, 0.15) is 5.82 Å². The summed E-state index contributed by atoms with van der Waals surface area (Å²) in [7, 11) is 0. The zero-order valence-corrected chi connectivity index (χ0v) is 21.5. The number of carbonyl (C=O) groups is 1. The molecule has 0 radical (unpaired) electrons. The maximum absolute atomic E-state index is 12.2. The summed E-state index contributed by atoms with van der Waals surface area (Å²) >= 11 is 14.1. The Balaban J connectivity index is 1.35. The minimum atomic E-state index is 0.0722. The summed E-state index contributed by atoms with van der Waals surface area (Å²) in [5, 5.41) is 13.7. The number of nitrogens with zero attached hydrogens (tertiary/aromatic N) is 3. The Morgan fingerprint density at radius 1 is 0.857 bits per heavy atom. The topological polar surface area (TPSA) is 59.8 Å². The molecule has 3 aromatic carbocycles. The molecule has 0 saturated carbocycles. The lowest BCUT2D eigenvalue weighted by Gasteiger charge is -2.11. The first-order valence-corrected chi connectivity index (χ1v) is 13.2. The van der Waals surface area contributed by atoms with E-state index in [1.807, 2.05) is 65.2 Å². The third-order valence-corrected chi connectivity index (χ3v) is 7.18. The smallest absolute Gasteiger partial charge is 0.220 e. The van der Waals surface area contributed by atoms with Crippen molar-refractivity contribution >= 4 is 40.9 Å². The Hall–Kier alpha value is -2.80. The highest BCUT2D eigenvalue weighted by Crippen LogP contribution is 2.29. The van der Waals surface area contributed by atoms with E-state index in [0.717, 1.165) is 46.4 Å². The van der Waals surface area contributed by atoms with Crippen LogP contribution in [0.3, 0.4) is 0 Å². The number of thioether (sulfide) groups is 1. The van der Waals surface area contributed by atoms with Crippen molar-refractivity contribution in [3.8, 4) is 5.69 Å². The summed E-state index contributed by atoms with van der Waals surface area (Å²) in [5.41, 5.74) is 3.13. The van der Waals surface area contributed by atoms with Crippen LogP contribution in [0.5, 0.6) is 0 Å². The summed E-state index contributed by atoms with van der Waals surface area (Å²) in [4.78, 5) is 12.2. The fourth-order valence-corrected chi connectivity index (χ4v) is 4.87. The van der Waals surface area contributed by atoms with Gasteiger partial charge in [0, 0.05) is 25.1 Å². The zero-order valence-electron chi connectivity index (χ0n) is 19.2. The van der Waals surface area contributed by atoms with Crippen molar-refractivity contribution in [2.45, 2.75) is 37.4 Å². The molecule has 0 aliphatic heterocycles. The van der Waals surface area contributed by atoms with Crippen molar-refractivity contribution < 1.29 is 4.79 Å². The second-order valence-electron chi connectivity index (χ2n) is 8.06.